The number of aromatic nitrogens is 2. The lowest BCUT2D eigenvalue weighted by Gasteiger charge is -2.09. The SMILES string of the molecule is CC(C)c1cc(NCCNC(=O)C2CC2)ncn1. The van der Waals surface area contributed by atoms with Crippen molar-refractivity contribution in [1.82, 2.24) is 15.3 Å². The highest BCUT2D eigenvalue weighted by molar-refractivity contribution is 5.80. The van der Waals surface area contributed by atoms with Crippen LogP contribution < -0.4 is 10.6 Å². The van der Waals surface area contributed by atoms with Gasteiger partial charge in [-0.2, -0.15) is 0 Å². The van der Waals surface area contributed by atoms with Crippen molar-refractivity contribution in [2.45, 2.75) is 32.6 Å². The molecule has 0 saturated heterocycles. The van der Waals surface area contributed by atoms with Gasteiger partial charge in [-0.3, -0.25) is 4.79 Å². The first kappa shape index (κ1) is 12.8. The van der Waals surface area contributed by atoms with Crippen LogP contribution in [0.15, 0.2) is 12.4 Å². The Labute approximate surface area is 107 Å². The summed E-state index contributed by atoms with van der Waals surface area (Å²) in [6, 6.07) is 1.95. The van der Waals surface area contributed by atoms with Crippen LogP contribution in [0.3, 0.4) is 0 Å². The standard InChI is InChI=1S/C13H20N4O/c1-9(2)11-7-12(17-8-16-11)14-5-6-15-13(18)10-3-4-10/h7-10H,3-6H2,1-2H3,(H,15,18)(H,14,16,17). The zero-order chi connectivity index (χ0) is 13.0. The number of carbonyl (C=O) groups is 1. The lowest BCUT2D eigenvalue weighted by molar-refractivity contribution is -0.122. The molecule has 2 rings (SSSR count). The van der Waals surface area contributed by atoms with Gasteiger partial charge < -0.3 is 10.6 Å². The zero-order valence-corrected chi connectivity index (χ0v) is 10.9. The van der Waals surface area contributed by atoms with Crippen molar-refractivity contribution in [3.05, 3.63) is 18.1 Å². The van der Waals surface area contributed by atoms with Crippen molar-refractivity contribution in [3.63, 3.8) is 0 Å². The largest absolute Gasteiger partial charge is 0.368 e. The maximum absolute atomic E-state index is 11.4. The first-order chi connectivity index (χ1) is 8.66. The Balaban J connectivity index is 1.72. The van der Waals surface area contributed by atoms with Crippen molar-refractivity contribution in [3.8, 4) is 0 Å². The molecular weight excluding hydrogens is 228 g/mol. The monoisotopic (exact) mass is 248 g/mol. The number of hydrogen-bond donors (Lipinski definition) is 2. The molecule has 1 saturated carbocycles. The molecule has 1 aliphatic carbocycles. The summed E-state index contributed by atoms with van der Waals surface area (Å²) in [4.78, 5) is 19.8. The van der Waals surface area contributed by atoms with Gasteiger partial charge >= 0.3 is 0 Å². The molecule has 2 N–H and O–H groups in total. The number of nitrogens with zero attached hydrogens (tertiary/aromatic N) is 2. The van der Waals surface area contributed by atoms with Gasteiger partial charge in [0, 0.05) is 30.8 Å². The molecular formula is C13H20N4O. The van der Waals surface area contributed by atoms with Crippen LogP contribution in [0.1, 0.15) is 38.3 Å². The molecule has 1 amide bonds. The highest BCUT2D eigenvalue weighted by Gasteiger charge is 2.28. The topological polar surface area (TPSA) is 66.9 Å². The fraction of sp³-hybridized carbons (Fsp3) is 0.615. The van der Waals surface area contributed by atoms with Gasteiger partial charge in [0.1, 0.15) is 12.1 Å². The maximum atomic E-state index is 11.4. The van der Waals surface area contributed by atoms with Crippen LogP contribution in [0.25, 0.3) is 0 Å². The number of carbonyl (C=O) groups excluding carboxylic acids is 1. The first-order valence-corrected chi connectivity index (χ1v) is 6.50. The van der Waals surface area contributed by atoms with E-state index in [2.05, 4.69) is 34.4 Å². The molecule has 1 aromatic rings. The van der Waals surface area contributed by atoms with E-state index in [1.165, 1.54) is 0 Å². The van der Waals surface area contributed by atoms with E-state index in [9.17, 15) is 4.79 Å². The Morgan fingerprint density at radius 1 is 1.39 bits per heavy atom. The lowest BCUT2D eigenvalue weighted by Crippen LogP contribution is -2.29. The predicted octanol–water partition coefficient (Wildman–Crippen LogP) is 1.54. The highest BCUT2D eigenvalue weighted by atomic mass is 16.2. The Morgan fingerprint density at radius 3 is 2.83 bits per heavy atom. The number of nitrogens with one attached hydrogen (secondary N) is 2. The number of anilines is 1. The third-order valence-electron chi connectivity index (χ3n) is 2.96. The quantitative estimate of drug-likeness (QED) is 0.749. The smallest absolute Gasteiger partial charge is 0.223 e. The van der Waals surface area contributed by atoms with E-state index >= 15 is 0 Å². The first-order valence-electron chi connectivity index (χ1n) is 6.50. The summed E-state index contributed by atoms with van der Waals surface area (Å²) in [5.41, 5.74) is 1.02. The summed E-state index contributed by atoms with van der Waals surface area (Å²) in [6.07, 6.45) is 3.66. The van der Waals surface area contributed by atoms with Crippen LogP contribution in [0.5, 0.6) is 0 Å². The van der Waals surface area contributed by atoms with Gasteiger partial charge in [0.25, 0.3) is 0 Å². The van der Waals surface area contributed by atoms with Crippen molar-refractivity contribution in [2.24, 2.45) is 5.92 Å². The summed E-state index contributed by atoms with van der Waals surface area (Å²) < 4.78 is 0. The summed E-state index contributed by atoms with van der Waals surface area (Å²) >= 11 is 0. The molecule has 0 unspecified atom stereocenters. The minimum absolute atomic E-state index is 0.183. The van der Waals surface area contributed by atoms with Crippen LogP contribution in [0, 0.1) is 5.92 Å². The molecule has 1 heterocycles. The van der Waals surface area contributed by atoms with E-state index in [0.717, 1.165) is 24.4 Å². The Kier molecular flexibility index (Phi) is 4.12. The minimum atomic E-state index is 0.183. The van der Waals surface area contributed by atoms with Gasteiger partial charge in [0.15, 0.2) is 0 Å². The van der Waals surface area contributed by atoms with Crippen molar-refractivity contribution in [1.29, 1.82) is 0 Å². The van der Waals surface area contributed by atoms with Crippen LogP contribution in [0.2, 0.25) is 0 Å². The summed E-state index contributed by atoms with van der Waals surface area (Å²) in [7, 11) is 0. The van der Waals surface area contributed by atoms with Gasteiger partial charge in [0.2, 0.25) is 5.91 Å². The molecule has 18 heavy (non-hydrogen) atoms. The fourth-order valence-electron chi connectivity index (χ4n) is 1.65. The van der Waals surface area contributed by atoms with Crippen molar-refractivity contribution >= 4 is 11.7 Å². The van der Waals surface area contributed by atoms with Crippen LogP contribution in [-0.4, -0.2) is 29.0 Å². The molecule has 1 aromatic heterocycles. The molecule has 0 atom stereocenters. The normalized spacial score (nSPS) is 14.6. The van der Waals surface area contributed by atoms with Crippen LogP contribution in [0.4, 0.5) is 5.82 Å². The predicted molar refractivity (Wildman–Crippen MR) is 70.3 cm³/mol. The lowest BCUT2D eigenvalue weighted by atomic mass is 10.1. The maximum Gasteiger partial charge on any atom is 0.223 e. The van der Waals surface area contributed by atoms with E-state index in [1.807, 2.05) is 6.07 Å². The van der Waals surface area contributed by atoms with Gasteiger partial charge in [-0.25, -0.2) is 9.97 Å². The van der Waals surface area contributed by atoms with E-state index in [4.69, 9.17) is 0 Å². The molecule has 0 aromatic carbocycles. The average molecular weight is 248 g/mol. The van der Waals surface area contributed by atoms with Gasteiger partial charge in [-0.15, -0.1) is 0 Å². The van der Waals surface area contributed by atoms with Gasteiger partial charge in [-0.1, -0.05) is 13.8 Å². The minimum Gasteiger partial charge on any atom is -0.368 e. The third-order valence-corrected chi connectivity index (χ3v) is 2.96. The molecule has 5 heteroatoms. The van der Waals surface area contributed by atoms with Gasteiger partial charge in [-0.05, 0) is 18.8 Å². The second-order valence-corrected chi connectivity index (χ2v) is 4.97. The fourth-order valence-corrected chi connectivity index (χ4v) is 1.65. The molecule has 0 spiro atoms. The van der Waals surface area contributed by atoms with Crippen molar-refractivity contribution < 1.29 is 4.79 Å². The van der Waals surface area contributed by atoms with E-state index in [1.54, 1.807) is 6.33 Å². The summed E-state index contributed by atoms with van der Waals surface area (Å²) in [5, 5.41) is 6.10. The number of rotatable bonds is 6. The molecule has 5 nitrogen and oxygen atoms in total. The molecule has 0 bridgehead atoms. The summed E-state index contributed by atoms with van der Waals surface area (Å²) in [5.74, 6) is 1.66. The summed E-state index contributed by atoms with van der Waals surface area (Å²) in [6.45, 7) is 5.52. The van der Waals surface area contributed by atoms with E-state index < -0.39 is 0 Å². The van der Waals surface area contributed by atoms with E-state index in [-0.39, 0.29) is 11.8 Å². The third kappa shape index (κ3) is 3.68. The van der Waals surface area contributed by atoms with Crippen LogP contribution in [-0.2, 0) is 4.79 Å². The molecule has 1 aliphatic rings. The Bertz CT molecular complexity index is 415. The van der Waals surface area contributed by atoms with Crippen molar-refractivity contribution in [2.75, 3.05) is 18.4 Å². The molecule has 0 radical (unpaired) electrons. The average Bonchev–Trinajstić information content (AvgIpc) is 3.19. The second kappa shape index (κ2) is 5.80. The number of hydrogen-bond acceptors (Lipinski definition) is 4. The number of amides is 1. The zero-order valence-electron chi connectivity index (χ0n) is 10.9. The van der Waals surface area contributed by atoms with Gasteiger partial charge in [0.05, 0.1) is 0 Å². The molecule has 1 fully saturated rings. The highest BCUT2D eigenvalue weighted by Crippen LogP contribution is 2.28. The second-order valence-electron chi connectivity index (χ2n) is 4.97. The molecule has 98 valence electrons. The van der Waals surface area contributed by atoms with E-state index in [0.29, 0.717) is 19.0 Å². The Hall–Kier alpha value is -1.65. The Morgan fingerprint density at radius 2 is 2.17 bits per heavy atom. The molecule has 0 aliphatic heterocycles. The van der Waals surface area contributed by atoms with Crippen LogP contribution >= 0.6 is 0 Å².